The first-order chi connectivity index (χ1) is 6.98. The molecule has 0 aliphatic carbocycles. The summed E-state index contributed by atoms with van der Waals surface area (Å²) >= 11 is 0. The Morgan fingerprint density at radius 3 is 2.69 bits per heavy atom. The predicted octanol–water partition coefficient (Wildman–Crippen LogP) is 0.901. The van der Waals surface area contributed by atoms with Crippen molar-refractivity contribution in [1.29, 1.82) is 0 Å². The van der Waals surface area contributed by atoms with Crippen molar-refractivity contribution in [2.75, 3.05) is 33.8 Å². The van der Waals surface area contributed by atoms with Crippen LogP contribution in [-0.4, -0.2) is 50.7 Å². The lowest BCUT2D eigenvalue weighted by molar-refractivity contribution is -0.146. The summed E-state index contributed by atoms with van der Waals surface area (Å²) in [5, 5.41) is 3.36. The summed E-state index contributed by atoms with van der Waals surface area (Å²) in [5.41, 5.74) is 0.289. The maximum atomic E-state index is 11.4. The number of hydrogen-bond donors (Lipinski definition) is 1. The van der Waals surface area contributed by atoms with Crippen LogP contribution in [0.4, 0.5) is 0 Å². The normalized spacial score (nSPS) is 26.3. The third kappa shape index (κ3) is 3.92. The molecule has 1 fully saturated rings. The summed E-state index contributed by atoms with van der Waals surface area (Å²) in [6.07, 6.45) is 1.17. The quantitative estimate of drug-likeness (QED) is 0.753. The average Bonchev–Trinajstić information content (AvgIpc) is 2.62. The number of methoxy groups -OCH3 is 1. The largest absolute Gasteiger partial charge is 0.468 e. The Balaban J connectivity index is 0.00000225. The molecule has 0 spiro atoms. The molecule has 4 nitrogen and oxygen atoms in total. The van der Waals surface area contributed by atoms with Gasteiger partial charge in [0.2, 0.25) is 0 Å². The first-order valence-corrected chi connectivity index (χ1v) is 5.47. The third-order valence-corrected chi connectivity index (χ3v) is 3.29. The monoisotopic (exact) mass is 250 g/mol. The van der Waals surface area contributed by atoms with E-state index in [4.69, 9.17) is 4.74 Å². The van der Waals surface area contributed by atoms with Crippen molar-refractivity contribution in [3.05, 3.63) is 0 Å². The maximum absolute atomic E-state index is 11.4. The molecule has 1 N–H and O–H groups in total. The van der Waals surface area contributed by atoms with Gasteiger partial charge in [0.25, 0.3) is 0 Å². The van der Waals surface area contributed by atoms with Crippen LogP contribution in [0.2, 0.25) is 0 Å². The molecule has 0 amide bonds. The van der Waals surface area contributed by atoms with E-state index in [0.29, 0.717) is 0 Å². The molecule has 0 aromatic carbocycles. The van der Waals surface area contributed by atoms with Gasteiger partial charge in [0.15, 0.2) is 0 Å². The molecule has 96 valence electrons. The van der Waals surface area contributed by atoms with E-state index < -0.39 is 0 Å². The second kappa shape index (κ2) is 6.42. The molecule has 2 atom stereocenters. The van der Waals surface area contributed by atoms with Gasteiger partial charge in [0.1, 0.15) is 6.04 Å². The number of likely N-dealkylation sites (N-methyl/N-ethyl adjacent to an activating group) is 1. The van der Waals surface area contributed by atoms with Gasteiger partial charge in [-0.2, -0.15) is 0 Å². The van der Waals surface area contributed by atoms with E-state index in [0.717, 1.165) is 19.6 Å². The average molecular weight is 251 g/mol. The van der Waals surface area contributed by atoms with Crippen molar-refractivity contribution in [2.45, 2.75) is 26.3 Å². The molecule has 0 aromatic rings. The maximum Gasteiger partial charge on any atom is 0.322 e. The number of halogens is 1. The number of carbonyl (C=O) groups is 1. The van der Waals surface area contributed by atoms with Gasteiger partial charge in [-0.15, -0.1) is 12.4 Å². The molecule has 1 aliphatic heterocycles. The van der Waals surface area contributed by atoms with Gasteiger partial charge >= 0.3 is 5.97 Å². The van der Waals surface area contributed by atoms with Crippen LogP contribution in [0.15, 0.2) is 0 Å². The van der Waals surface area contributed by atoms with Gasteiger partial charge < -0.3 is 10.1 Å². The molecule has 2 unspecified atom stereocenters. The van der Waals surface area contributed by atoms with Crippen LogP contribution in [0.3, 0.4) is 0 Å². The smallest absolute Gasteiger partial charge is 0.322 e. The number of hydrogen-bond acceptors (Lipinski definition) is 4. The van der Waals surface area contributed by atoms with Crippen LogP contribution < -0.4 is 5.32 Å². The van der Waals surface area contributed by atoms with Crippen LogP contribution in [0, 0.1) is 5.41 Å². The van der Waals surface area contributed by atoms with Crippen LogP contribution >= 0.6 is 12.4 Å². The van der Waals surface area contributed by atoms with Crippen LogP contribution in [0.1, 0.15) is 20.3 Å². The SMILES string of the molecule is COC(=O)C(C)N(C)CC1(C)CCNC1.Cl. The topological polar surface area (TPSA) is 41.6 Å². The molecular weight excluding hydrogens is 228 g/mol. The van der Waals surface area contributed by atoms with Crippen molar-refractivity contribution in [3.8, 4) is 0 Å². The zero-order chi connectivity index (χ0) is 11.5. The Morgan fingerprint density at radius 2 is 2.25 bits per heavy atom. The molecule has 1 saturated heterocycles. The minimum atomic E-state index is -0.160. The van der Waals surface area contributed by atoms with Crippen molar-refractivity contribution in [3.63, 3.8) is 0 Å². The van der Waals surface area contributed by atoms with E-state index in [1.807, 2.05) is 14.0 Å². The van der Waals surface area contributed by atoms with E-state index in [1.165, 1.54) is 13.5 Å². The van der Waals surface area contributed by atoms with E-state index in [1.54, 1.807) is 0 Å². The first-order valence-electron chi connectivity index (χ1n) is 5.47. The molecule has 0 saturated carbocycles. The highest BCUT2D eigenvalue weighted by atomic mass is 35.5. The van der Waals surface area contributed by atoms with Crippen LogP contribution in [0.5, 0.6) is 0 Å². The summed E-state index contributed by atoms with van der Waals surface area (Å²) in [4.78, 5) is 13.4. The van der Waals surface area contributed by atoms with Crippen LogP contribution in [-0.2, 0) is 9.53 Å². The molecule has 0 bridgehead atoms. The first kappa shape index (κ1) is 15.7. The Morgan fingerprint density at radius 1 is 1.62 bits per heavy atom. The second-order valence-electron chi connectivity index (χ2n) is 4.85. The van der Waals surface area contributed by atoms with E-state index in [2.05, 4.69) is 17.1 Å². The van der Waals surface area contributed by atoms with E-state index in [9.17, 15) is 4.79 Å². The van der Waals surface area contributed by atoms with Gasteiger partial charge in [-0.3, -0.25) is 9.69 Å². The standard InChI is InChI=1S/C11H22N2O2.ClH/c1-9(10(14)15-4)13(3)8-11(2)5-6-12-7-11;/h9,12H,5-8H2,1-4H3;1H. The molecule has 1 rings (SSSR count). The Kier molecular flexibility index (Phi) is 6.30. The highest BCUT2D eigenvalue weighted by Gasteiger charge is 2.32. The fourth-order valence-corrected chi connectivity index (χ4v) is 2.09. The van der Waals surface area contributed by atoms with Gasteiger partial charge in [-0.25, -0.2) is 0 Å². The highest BCUT2D eigenvalue weighted by Crippen LogP contribution is 2.25. The van der Waals surface area contributed by atoms with Crippen molar-refractivity contribution in [2.24, 2.45) is 5.41 Å². The highest BCUT2D eigenvalue weighted by molar-refractivity contribution is 5.85. The Bertz CT molecular complexity index is 230. The number of nitrogens with zero attached hydrogens (tertiary/aromatic N) is 1. The molecule has 0 radical (unpaired) electrons. The molecule has 5 heteroatoms. The number of esters is 1. The summed E-state index contributed by atoms with van der Waals surface area (Å²) in [6.45, 7) is 7.18. The van der Waals surface area contributed by atoms with Gasteiger partial charge in [-0.1, -0.05) is 6.92 Å². The Hall–Kier alpha value is -0.320. The van der Waals surface area contributed by atoms with E-state index in [-0.39, 0.29) is 29.8 Å². The Labute approximate surface area is 104 Å². The summed E-state index contributed by atoms with van der Waals surface area (Å²) in [7, 11) is 3.41. The molecule has 16 heavy (non-hydrogen) atoms. The van der Waals surface area contributed by atoms with Crippen molar-refractivity contribution >= 4 is 18.4 Å². The zero-order valence-electron chi connectivity index (χ0n) is 10.6. The fourth-order valence-electron chi connectivity index (χ4n) is 2.09. The molecule has 1 aliphatic rings. The van der Waals surface area contributed by atoms with Gasteiger partial charge in [-0.05, 0) is 32.4 Å². The summed E-state index contributed by atoms with van der Waals surface area (Å²) in [5.74, 6) is -0.160. The van der Waals surface area contributed by atoms with E-state index >= 15 is 0 Å². The number of ether oxygens (including phenoxy) is 1. The van der Waals surface area contributed by atoms with Crippen LogP contribution in [0.25, 0.3) is 0 Å². The third-order valence-electron chi connectivity index (χ3n) is 3.29. The minimum Gasteiger partial charge on any atom is -0.468 e. The van der Waals surface area contributed by atoms with Crippen molar-refractivity contribution < 1.29 is 9.53 Å². The van der Waals surface area contributed by atoms with Gasteiger partial charge in [0, 0.05) is 13.1 Å². The lowest BCUT2D eigenvalue weighted by atomic mass is 9.89. The lowest BCUT2D eigenvalue weighted by Crippen LogP contribution is -2.43. The second-order valence-corrected chi connectivity index (χ2v) is 4.85. The summed E-state index contributed by atoms with van der Waals surface area (Å²) < 4.78 is 4.73. The van der Waals surface area contributed by atoms with Gasteiger partial charge in [0.05, 0.1) is 7.11 Å². The molecule has 0 aromatic heterocycles. The zero-order valence-corrected chi connectivity index (χ0v) is 11.4. The number of carbonyl (C=O) groups excluding carboxylic acids is 1. The lowest BCUT2D eigenvalue weighted by Gasteiger charge is -2.31. The summed E-state index contributed by atoms with van der Waals surface area (Å²) in [6, 6.07) is -0.160. The molecule has 1 heterocycles. The fraction of sp³-hybridized carbons (Fsp3) is 0.909. The van der Waals surface area contributed by atoms with Crippen molar-refractivity contribution in [1.82, 2.24) is 10.2 Å². The predicted molar refractivity (Wildman–Crippen MR) is 66.9 cm³/mol. The number of rotatable bonds is 4. The minimum absolute atomic E-state index is 0. The molecular formula is C11H23ClN2O2. The number of nitrogens with one attached hydrogen (secondary N) is 1.